The Morgan fingerprint density at radius 3 is 2.58 bits per heavy atom. The lowest BCUT2D eigenvalue weighted by atomic mass is 9.72. The van der Waals surface area contributed by atoms with Gasteiger partial charge in [-0.25, -0.2) is 4.98 Å². The highest BCUT2D eigenvalue weighted by Crippen LogP contribution is 2.51. The zero-order valence-electron chi connectivity index (χ0n) is 15.2. The minimum Gasteiger partial charge on any atom is -0.483 e. The molecule has 1 aromatic carbocycles. The summed E-state index contributed by atoms with van der Waals surface area (Å²) in [5, 5.41) is 16.8. The zero-order valence-corrected chi connectivity index (χ0v) is 15.2. The quantitative estimate of drug-likeness (QED) is 0.805. The number of nitrogens with zero attached hydrogens (tertiary/aromatic N) is 3. The molecule has 1 aromatic heterocycles. The van der Waals surface area contributed by atoms with E-state index < -0.39 is 0 Å². The molecule has 0 aliphatic carbocycles. The van der Waals surface area contributed by atoms with Crippen LogP contribution in [0.1, 0.15) is 38.2 Å². The number of aromatic nitrogens is 2. The van der Waals surface area contributed by atoms with Crippen LogP contribution in [0.15, 0.2) is 43.0 Å². The number of imidazole rings is 1. The van der Waals surface area contributed by atoms with Crippen LogP contribution >= 0.6 is 0 Å². The third-order valence-electron chi connectivity index (χ3n) is 6.11. The Kier molecular flexibility index (Phi) is 5.74. The van der Waals surface area contributed by atoms with Gasteiger partial charge in [0.05, 0.1) is 12.9 Å². The number of rotatable bonds is 5. The minimum atomic E-state index is -0.250. The van der Waals surface area contributed by atoms with Gasteiger partial charge in [0.25, 0.3) is 6.47 Å². The van der Waals surface area contributed by atoms with E-state index in [1.165, 1.54) is 18.4 Å². The molecule has 3 atom stereocenters. The standard InChI is InChI=1S/C19H25N3O.CH2O2/c1-2-19(13-23)11-17-7-8-18(19)22(17)12-15-3-5-16(6-4-15)21-10-9-20-14-21;2-1-3/h3-6,9-10,14,17-18,23H,2,7-8,11-13H2,1H3;1H,(H,2,3)/t17-,18+,19-;/m0./s1. The summed E-state index contributed by atoms with van der Waals surface area (Å²) in [5.41, 5.74) is 2.64. The minimum absolute atomic E-state index is 0.139. The number of aliphatic hydroxyl groups is 1. The molecule has 2 aliphatic rings. The summed E-state index contributed by atoms with van der Waals surface area (Å²) in [5.74, 6) is 0. The molecular formula is C20H27N3O3. The van der Waals surface area contributed by atoms with Gasteiger partial charge in [-0.1, -0.05) is 19.1 Å². The largest absolute Gasteiger partial charge is 0.483 e. The Balaban J connectivity index is 0.000000613. The van der Waals surface area contributed by atoms with Crippen LogP contribution in [0, 0.1) is 5.41 Å². The van der Waals surface area contributed by atoms with Crippen LogP contribution in [0.2, 0.25) is 0 Å². The van der Waals surface area contributed by atoms with Gasteiger partial charge in [0, 0.05) is 42.1 Å². The van der Waals surface area contributed by atoms with Crippen molar-refractivity contribution < 1.29 is 15.0 Å². The van der Waals surface area contributed by atoms with Crippen LogP contribution in [0.3, 0.4) is 0 Å². The maximum Gasteiger partial charge on any atom is 0.290 e. The third-order valence-corrected chi connectivity index (χ3v) is 6.11. The van der Waals surface area contributed by atoms with E-state index in [4.69, 9.17) is 9.90 Å². The van der Waals surface area contributed by atoms with Gasteiger partial charge in [-0.3, -0.25) is 9.69 Å². The van der Waals surface area contributed by atoms with E-state index >= 15 is 0 Å². The van der Waals surface area contributed by atoms with Crippen molar-refractivity contribution in [2.24, 2.45) is 5.41 Å². The first-order valence-electron chi connectivity index (χ1n) is 9.19. The Labute approximate surface area is 154 Å². The molecule has 2 fully saturated rings. The summed E-state index contributed by atoms with van der Waals surface area (Å²) in [6.07, 6.45) is 10.4. The highest BCUT2D eigenvalue weighted by atomic mass is 16.3. The average molecular weight is 357 g/mol. The first-order valence-corrected chi connectivity index (χ1v) is 9.19. The third kappa shape index (κ3) is 3.39. The second kappa shape index (κ2) is 8.01. The summed E-state index contributed by atoms with van der Waals surface area (Å²) in [7, 11) is 0. The molecule has 6 nitrogen and oxygen atoms in total. The van der Waals surface area contributed by atoms with E-state index in [-0.39, 0.29) is 11.9 Å². The SMILES string of the molecule is CC[C@@]1(CO)C[C@@H]2CC[C@H]1N2Cc1ccc(-n2ccnc2)cc1.O=CO. The van der Waals surface area contributed by atoms with Gasteiger partial charge in [0.1, 0.15) is 0 Å². The predicted octanol–water partition coefficient (Wildman–Crippen LogP) is 2.70. The monoisotopic (exact) mass is 357 g/mol. The van der Waals surface area contributed by atoms with E-state index in [9.17, 15) is 5.11 Å². The second-order valence-electron chi connectivity index (χ2n) is 7.24. The second-order valence-corrected chi connectivity index (χ2v) is 7.24. The Morgan fingerprint density at radius 1 is 1.31 bits per heavy atom. The van der Waals surface area contributed by atoms with Crippen molar-refractivity contribution in [3.05, 3.63) is 48.5 Å². The molecule has 6 heteroatoms. The summed E-state index contributed by atoms with van der Waals surface area (Å²) >= 11 is 0. The molecule has 0 amide bonds. The smallest absolute Gasteiger partial charge is 0.290 e. The average Bonchev–Trinajstić information content (AvgIpc) is 3.39. The molecule has 2 aromatic rings. The Bertz CT molecular complexity index is 696. The number of aliphatic hydroxyl groups excluding tert-OH is 1. The van der Waals surface area contributed by atoms with Crippen LogP contribution in [-0.2, 0) is 11.3 Å². The topological polar surface area (TPSA) is 78.6 Å². The fourth-order valence-corrected chi connectivity index (χ4v) is 4.72. The maximum atomic E-state index is 9.93. The maximum absolute atomic E-state index is 9.93. The van der Waals surface area contributed by atoms with Gasteiger partial charge in [-0.05, 0) is 43.4 Å². The Hall–Kier alpha value is -2.18. The van der Waals surface area contributed by atoms with Crippen molar-refractivity contribution in [3.8, 4) is 5.69 Å². The molecule has 4 rings (SSSR count). The molecule has 0 saturated carbocycles. The molecule has 0 unspecified atom stereocenters. The number of carbonyl (C=O) groups is 1. The lowest BCUT2D eigenvalue weighted by Crippen LogP contribution is -2.39. The molecule has 0 radical (unpaired) electrons. The Morgan fingerprint density at radius 2 is 2.04 bits per heavy atom. The van der Waals surface area contributed by atoms with E-state index in [0.717, 1.165) is 25.1 Å². The van der Waals surface area contributed by atoms with Crippen molar-refractivity contribution in [2.75, 3.05) is 6.61 Å². The number of hydrogen-bond donors (Lipinski definition) is 2. The number of hydrogen-bond acceptors (Lipinski definition) is 4. The van der Waals surface area contributed by atoms with E-state index in [1.54, 1.807) is 6.20 Å². The molecular weight excluding hydrogens is 330 g/mol. The van der Waals surface area contributed by atoms with Crippen LogP contribution in [-0.4, -0.2) is 49.8 Å². The molecule has 2 bridgehead atoms. The number of fused-ring (bicyclic) bond motifs is 2. The zero-order chi connectivity index (χ0) is 18.6. The predicted molar refractivity (Wildman–Crippen MR) is 99.0 cm³/mol. The summed E-state index contributed by atoms with van der Waals surface area (Å²) in [6.45, 7) is 3.32. The van der Waals surface area contributed by atoms with Crippen molar-refractivity contribution >= 4 is 6.47 Å². The van der Waals surface area contributed by atoms with Crippen molar-refractivity contribution in [3.63, 3.8) is 0 Å². The summed E-state index contributed by atoms with van der Waals surface area (Å²) in [4.78, 5) is 15.1. The fourth-order valence-electron chi connectivity index (χ4n) is 4.72. The molecule has 0 spiro atoms. The van der Waals surface area contributed by atoms with Crippen LogP contribution in [0.4, 0.5) is 0 Å². The number of carboxylic acid groups (broad SMARTS) is 1. The van der Waals surface area contributed by atoms with Crippen LogP contribution in [0.25, 0.3) is 5.69 Å². The van der Waals surface area contributed by atoms with E-state index in [1.807, 2.05) is 17.1 Å². The highest BCUT2D eigenvalue weighted by Gasteiger charge is 2.54. The molecule has 26 heavy (non-hydrogen) atoms. The van der Waals surface area contributed by atoms with E-state index in [2.05, 4.69) is 41.1 Å². The summed E-state index contributed by atoms with van der Waals surface area (Å²) < 4.78 is 2.02. The molecule has 140 valence electrons. The molecule has 3 heterocycles. The van der Waals surface area contributed by atoms with Crippen molar-refractivity contribution in [1.29, 1.82) is 0 Å². The number of benzene rings is 1. The lowest BCUT2D eigenvalue weighted by Gasteiger charge is -2.35. The molecule has 2 N–H and O–H groups in total. The van der Waals surface area contributed by atoms with Gasteiger partial charge in [0.2, 0.25) is 0 Å². The molecule has 2 saturated heterocycles. The van der Waals surface area contributed by atoms with Crippen molar-refractivity contribution in [1.82, 2.24) is 14.5 Å². The first-order chi connectivity index (χ1) is 12.7. The first kappa shape index (κ1) is 18.6. The van der Waals surface area contributed by atoms with E-state index in [0.29, 0.717) is 18.7 Å². The van der Waals surface area contributed by atoms with Crippen LogP contribution < -0.4 is 0 Å². The fraction of sp³-hybridized carbons (Fsp3) is 0.500. The van der Waals surface area contributed by atoms with Gasteiger partial charge < -0.3 is 14.8 Å². The summed E-state index contributed by atoms with van der Waals surface area (Å²) in [6, 6.07) is 9.97. The van der Waals surface area contributed by atoms with Gasteiger partial charge in [0.15, 0.2) is 0 Å². The normalized spacial score (nSPS) is 27.2. The van der Waals surface area contributed by atoms with Gasteiger partial charge >= 0.3 is 0 Å². The lowest BCUT2D eigenvalue weighted by molar-refractivity contribution is -0.122. The van der Waals surface area contributed by atoms with Gasteiger partial charge in [-0.15, -0.1) is 0 Å². The van der Waals surface area contributed by atoms with Gasteiger partial charge in [-0.2, -0.15) is 0 Å². The van der Waals surface area contributed by atoms with Crippen molar-refractivity contribution in [2.45, 2.75) is 51.2 Å². The molecule has 2 aliphatic heterocycles. The highest BCUT2D eigenvalue weighted by molar-refractivity contribution is 5.34. The van der Waals surface area contributed by atoms with Crippen LogP contribution in [0.5, 0.6) is 0 Å².